The van der Waals surface area contributed by atoms with Gasteiger partial charge in [0.2, 0.25) is 5.88 Å². The Morgan fingerprint density at radius 3 is 2.55 bits per heavy atom. The fourth-order valence-corrected chi connectivity index (χ4v) is 2.01. The summed E-state index contributed by atoms with van der Waals surface area (Å²) < 4.78 is 10.6. The summed E-state index contributed by atoms with van der Waals surface area (Å²) in [5, 5.41) is 11.3. The van der Waals surface area contributed by atoms with Crippen molar-refractivity contribution < 1.29 is 19.4 Å². The minimum absolute atomic E-state index is 0.203. The molecular weight excluding hydrogens is 260 g/mol. The molecule has 0 aromatic carbocycles. The summed E-state index contributed by atoms with van der Waals surface area (Å²) in [4.78, 5) is 15.2. The van der Waals surface area contributed by atoms with E-state index in [1.807, 2.05) is 19.9 Å². The van der Waals surface area contributed by atoms with Crippen molar-refractivity contribution >= 4 is 6.09 Å². The Morgan fingerprint density at radius 1 is 1.40 bits per heavy atom. The lowest BCUT2D eigenvalue weighted by atomic mass is 10.1. The number of nitrogens with one attached hydrogen (secondary N) is 1. The van der Waals surface area contributed by atoms with Gasteiger partial charge in [-0.1, -0.05) is 13.8 Å². The van der Waals surface area contributed by atoms with Gasteiger partial charge in [0, 0.05) is 18.0 Å². The molecular formula is C14H22N2O4. The number of amides is 1. The maximum Gasteiger partial charge on any atom is 0.404 e. The molecule has 0 fully saturated rings. The van der Waals surface area contributed by atoms with Gasteiger partial charge >= 0.3 is 6.09 Å². The molecule has 20 heavy (non-hydrogen) atoms. The minimum atomic E-state index is -1.03. The first-order valence-corrected chi connectivity index (χ1v) is 6.65. The van der Waals surface area contributed by atoms with Crippen LogP contribution in [0.15, 0.2) is 6.07 Å². The second-order valence-corrected chi connectivity index (χ2v) is 4.42. The number of carboxylic acid groups (broad SMARTS) is 1. The highest BCUT2D eigenvalue weighted by molar-refractivity contribution is 5.64. The quantitative estimate of drug-likeness (QED) is 0.801. The average molecular weight is 282 g/mol. The molecule has 0 saturated carbocycles. The first-order valence-electron chi connectivity index (χ1n) is 6.65. The van der Waals surface area contributed by atoms with Crippen LogP contribution in [0.1, 0.15) is 31.5 Å². The van der Waals surface area contributed by atoms with Gasteiger partial charge in [0.05, 0.1) is 19.9 Å². The summed E-state index contributed by atoms with van der Waals surface area (Å²) in [7, 11) is 3.16. The van der Waals surface area contributed by atoms with Crippen LogP contribution in [-0.4, -0.2) is 36.4 Å². The first-order chi connectivity index (χ1) is 9.55. The van der Waals surface area contributed by atoms with Gasteiger partial charge in [-0.05, 0) is 18.9 Å². The van der Waals surface area contributed by atoms with Gasteiger partial charge in [0.25, 0.3) is 0 Å². The average Bonchev–Trinajstić information content (AvgIpc) is 2.45. The Bertz CT molecular complexity index is 463. The van der Waals surface area contributed by atoms with E-state index in [1.165, 1.54) is 0 Å². The minimum Gasteiger partial charge on any atom is -0.495 e. The van der Waals surface area contributed by atoms with Gasteiger partial charge in [-0.3, -0.25) is 0 Å². The molecule has 1 aromatic rings. The molecule has 0 bridgehead atoms. The summed E-state index contributed by atoms with van der Waals surface area (Å²) in [6, 6.07) is 1.69. The molecule has 1 rings (SSSR count). The molecule has 112 valence electrons. The number of aromatic nitrogens is 1. The normalized spacial score (nSPS) is 11.8. The van der Waals surface area contributed by atoms with Crippen LogP contribution in [0.25, 0.3) is 0 Å². The van der Waals surface area contributed by atoms with Gasteiger partial charge < -0.3 is 19.9 Å². The number of nitrogens with zero attached hydrogens (tertiary/aromatic N) is 1. The number of aryl methyl sites for hydroxylation is 1. The summed E-state index contributed by atoms with van der Waals surface area (Å²) >= 11 is 0. The lowest BCUT2D eigenvalue weighted by molar-refractivity contribution is 0.189. The highest BCUT2D eigenvalue weighted by Crippen LogP contribution is 2.26. The third kappa shape index (κ3) is 4.01. The number of hydrogen-bond donors (Lipinski definition) is 2. The lowest BCUT2D eigenvalue weighted by Crippen LogP contribution is -2.35. The van der Waals surface area contributed by atoms with Crippen LogP contribution >= 0.6 is 0 Å². The van der Waals surface area contributed by atoms with Crippen LogP contribution < -0.4 is 14.8 Å². The molecule has 2 N–H and O–H groups in total. The summed E-state index contributed by atoms with van der Waals surface area (Å²) in [5.74, 6) is 1.22. The Morgan fingerprint density at radius 2 is 2.10 bits per heavy atom. The lowest BCUT2D eigenvalue weighted by Gasteiger charge is -2.18. The molecule has 0 saturated heterocycles. The van der Waals surface area contributed by atoms with Crippen molar-refractivity contribution in [2.24, 2.45) is 0 Å². The van der Waals surface area contributed by atoms with Gasteiger partial charge in [0.1, 0.15) is 5.75 Å². The fourth-order valence-electron chi connectivity index (χ4n) is 2.01. The topological polar surface area (TPSA) is 80.7 Å². The van der Waals surface area contributed by atoms with Crippen molar-refractivity contribution in [1.82, 2.24) is 10.3 Å². The van der Waals surface area contributed by atoms with Crippen LogP contribution in [0.3, 0.4) is 0 Å². The molecule has 1 atom stereocenters. The smallest absolute Gasteiger partial charge is 0.404 e. The Hall–Kier alpha value is -1.98. The van der Waals surface area contributed by atoms with Crippen molar-refractivity contribution in [2.45, 2.75) is 39.2 Å². The second-order valence-electron chi connectivity index (χ2n) is 4.42. The fraction of sp³-hybridized carbons (Fsp3) is 0.571. The SMILES string of the molecule is CCc1cc(OC)c(CC(CC)NC(=O)O)nc1OC. The number of carbonyl (C=O) groups is 1. The van der Waals surface area contributed by atoms with E-state index in [1.54, 1.807) is 14.2 Å². The van der Waals surface area contributed by atoms with Crippen LogP contribution in [0.5, 0.6) is 11.6 Å². The third-order valence-electron chi connectivity index (χ3n) is 3.16. The molecule has 6 nitrogen and oxygen atoms in total. The molecule has 0 aliphatic rings. The van der Waals surface area contributed by atoms with E-state index in [0.29, 0.717) is 30.2 Å². The molecule has 1 amide bonds. The van der Waals surface area contributed by atoms with E-state index in [0.717, 1.165) is 12.0 Å². The third-order valence-corrected chi connectivity index (χ3v) is 3.16. The highest BCUT2D eigenvalue weighted by Gasteiger charge is 2.17. The molecule has 0 aliphatic carbocycles. The van der Waals surface area contributed by atoms with Gasteiger partial charge in [-0.2, -0.15) is 0 Å². The molecule has 1 unspecified atom stereocenters. The van der Waals surface area contributed by atoms with Crippen LogP contribution in [0.2, 0.25) is 0 Å². The Kier molecular flexibility index (Phi) is 6.09. The van der Waals surface area contributed by atoms with E-state index < -0.39 is 6.09 Å². The van der Waals surface area contributed by atoms with Gasteiger partial charge in [-0.15, -0.1) is 0 Å². The first kappa shape index (κ1) is 16.1. The highest BCUT2D eigenvalue weighted by atomic mass is 16.5. The van der Waals surface area contributed by atoms with Crippen molar-refractivity contribution in [3.8, 4) is 11.6 Å². The Balaban J connectivity index is 3.05. The predicted octanol–water partition coefficient (Wildman–Crippen LogP) is 2.25. The second kappa shape index (κ2) is 7.57. The van der Waals surface area contributed by atoms with E-state index in [4.69, 9.17) is 14.6 Å². The van der Waals surface area contributed by atoms with Crippen molar-refractivity contribution in [1.29, 1.82) is 0 Å². The van der Waals surface area contributed by atoms with Crippen molar-refractivity contribution in [3.05, 3.63) is 17.3 Å². The molecule has 0 aliphatic heterocycles. The Labute approximate surface area is 119 Å². The molecule has 0 spiro atoms. The number of ether oxygens (including phenoxy) is 2. The molecule has 6 heteroatoms. The standard InChI is InChI=1S/C14H22N2O4/c1-5-9-7-12(19-3)11(16-13(9)20-4)8-10(6-2)15-14(17)18/h7,10,15H,5-6,8H2,1-4H3,(H,17,18). The monoisotopic (exact) mass is 282 g/mol. The van der Waals surface area contributed by atoms with Crippen LogP contribution in [-0.2, 0) is 12.8 Å². The molecule has 0 radical (unpaired) electrons. The van der Waals surface area contributed by atoms with Crippen LogP contribution in [0.4, 0.5) is 4.79 Å². The zero-order valence-corrected chi connectivity index (χ0v) is 12.4. The maximum atomic E-state index is 10.7. The number of pyridine rings is 1. The van der Waals surface area contributed by atoms with E-state index in [-0.39, 0.29) is 6.04 Å². The predicted molar refractivity (Wildman–Crippen MR) is 75.7 cm³/mol. The summed E-state index contributed by atoms with van der Waals surface area (Å²) in [6.45, 7) is 3.93. The van der Waals surface area contributed by atoms with Crippen LogP contribution in [0, 0.1) is 0 Å². The number of methoxy groups -OCH3 is 2. The number of rotatable bonds is 7. The van der Waals surface area contributed by atoms with Crippen molar-refractivity contribution in [2.75, 3.05) is 14.2 Å². The summed E-state index contributed by atoms with van der Waals surface area (Å²) in [5.41, 5.74) is 1.66. The zero-order chi connectivity index (χ0) is 15.1. The summed E-state index contributed by atoms with van der Waals surface area (Å²) in [6.07, 6.45) is 0.895. The zero-order valence-electron chi connectivity index (χ0n) is 12.4. The van der Waals surface area contributed by atoms with Gasteiger partial charge in [0.15, 0.2) is 0 Å². The number of hydrogen-bond acceptors (Lipinski definition) is 4. The molecule has 1 aromatic heterocycles. The van der Waals surface area contributed by atoms with Gasteiger partial charge in [-0.25, -0.2) is 9.78 Å². The molecule has 1 heterocycles. The van der Waals surface area contributed by atoms with Crippen molar-refractivity contribution in [3.63, 3.8) is 0 Å². The maximum absolute atomic E-state index is 10.7. The van der Waals surface area contributed by atoms with E-state index in [2.05, 4.69) is 10.3 Å². The van der Waals surface area contributed by atoms with E-state index >= 15 is 0 Å². The van der Waals surface area contributed by atoms with E-state index in [9.17, 15) is 4.79 Å². The largest absolute Gasteiger partial charge is 0.495 e.